The van der Waals surface area contributed by atoms with Crippen LogP contribution in [-0.4, -0.2) is 12.6 Å². The van der Waals surface area contributed by atoms with E-state index in [4.69, 9.17) is 9.47 Å². The summed E-state index contributed by atoms with van der Waals surface area (Å²) in [4.78, 5) is 12.3. The van der Waals surface area contributed by atoms with Gasteiger partial charge in [0, 0.05) is 4.47 Å². The molecule has 2 aromatic rings. The Balaban J connectivity index is 2.09. The van der Waals surface area contributed by atoms with Gasteiger partial charge in [0.2, 0.25) is 0 Å². The standard InChI is InChI=1S/C18H18Br2O3/c1-3-4-9-22-17-7-5-13(11-15(17)20)18(21)23-16-8-6-14(19)10-12(16)2/h5-8,10-11H,3-4,9H2,1-2H3. The van der Waals surface area contributed by atoms with Gasteiger partial charge in [-0.05, 0) is 71.2 Å². The molecule has 0 heterocycles. The number of unbranched alkanes of at least 4 members (excludes halogenated alkanes) is 1. The van der Waals surface area contributed by atoms with E-state index in [2.05, 4.69) is 38.8 Å². The third-order valence-corrected chi connectivity index (χ3v) is 4.38. The monoisotopic (exact) mass is 440 g/mol. The molecule has 2 rings (SSSR count). The Kier molecular flexibility index (Phi) is 6.66. The number of hydrogen-bond donors (Lipinski definition) is 0. The highest BCUT2D eigenvalue weighted by Crippen LogP contribution is 2.28. The Morgan fingerprint density at radius 3 is 2.48 bits per heavy atom. The number of carbonyl (C=O) groups excluding carboxylic acids is 1. The number of carbonyl (C=O) groups is 1. The van der Waals surface area contributed by atoms with Crippen LogP contribution in [0.5, 0.6) is 11.5 Å². The number of ether oxygens (including phenoxy) is 2. The van der Waals surface area contributed by atoms with Crippen molar-refractivity contribution in [1.29, 1.82) is 0 Å². The molecule has 0 bridgehead atoms. The average Bonchev–Trinajstić information content (AvgIpc) is 2.51. The quantitative estimate of drug-likeness (QED) is 0.317. The SMILES string of the molecule is CCCCOc1ccc(C(=O)Oc2ccc(Br)cc2C)cc1Br. The van der Waals surface area contributed by atoms with Gasteiger partial charge in [-0.25, -0.2) is 4.79 Å². The fraction of sp³-hybridized carbons (Fsp3) is 0.278. The molecule has 0 aromatic heterocycles. The van der Waals surface area contributed by atoms with Crippen molar-refractivity contribution in [3.05, 3.63) is 56.5 Å². The van der Waals surface area contributed by atoms with Gasteiger partial charge in [-0.2, -0.15) is 0 Å². The summed E-state index contributed by atoms with van der Waals surface area (Å²) in [6.07, 6.45) is 2.08. The molecule has 0 spiro atoms. The van der Waals surface area contributed by atoms with E-state index in [1.807, 2.05) is 19.1 Å². The second-order valence-corrected chi connectivity index (χ2v) is 6.92. The predicted octanol–water partition coefficient (Wildman–Crippen LogP) is 5.92. The van der Waals surface area contributed by atoms with Gasteiger partial charge in [0.15, 0.2) is 0 Å². The van der Waals surface area contributed by atoms with E-state index < -0.39 is 5.97 Å². The molecule has 0 unspecified atom stereocenters. The second-order valence-electron chi connectivity index (χ2n) is 5.15. The molecule has 0 aliphatic rings. The number of hydrogen-bond acceptors (Lipinski definition) is 3. The lowest BCUT2D eigenvalue weighted by molar-refractivity contribution is 0.0733. The van der Waals surface area contributed by atoms with Crippen molar-refractivity contribution in [2.24, 2.45) is 0 Å². The molecule has 0 saturated carbocycles. The van der Waals surface area contributed by atoms with E-state index in [9.17, 15) is 4.79 Å². The summed E-state index contributed by atoms with van der Waals surface area (Å²) < 4.78 is 12.8. The van der Waals surface area contributed by atoms with Crippen LogP contribution in [0.4, 0.5) is 0 Å². The zero-order valence-electron chi connectivity index (χ0n) is 13.1. The van der Waals surface area contributed by atoms with Crippen molar-refractivity contribution in [1.82, 2.24) is 0 Å². The summed E-state index contributed by atoms with van der Waals surface area (Å²) in [6, 6.07) is 10.7. The van der Waals surface area contributed by atoms with Gasteiger partial charge in [0.25, 0.3) is 0 Å². The van der Waals surface area contributed by atoms with Gasteiger partial charge in [-0.3, -0.25) is 0 Å². The predicted molar refractivity (Wildman–Crippen MR) is 98.4 cm³/mol. The molecular weight excluding hydrogens is 424 g/mol. The molecule has 2 aromatic carbocycles. The third kappa shape index (κ3) is 5.08. The summed E-state index contributed by atoms with van der Waals surface area (Å²) in [7, 11) is 0. The summed E-state index contributed by atoms with van der Waals surface area (Å²) in [5.41, 5.74) is 1.37. The maximum absolute atomic E-state index is 12.3. The lowest BCUT2D eigenvalue weighted by atomic mass is 10.2. The average molecular weight is 442 g/mol. The van der Waals surface area contributed by atoms with Crippen LogP contribution in [0.3, 0.4) is 0 Å². The smallest absolute Gasteiger partial charge is 0.343 e. The van der Waals surface area contributed by atoms with Crippen molar-refractivity contribution in [2.45, 2.75) is 26.7 Å². The molecule has 0 radical (unpaired) electrons. The Labute approximate surface area is 153 Å². The fourth-order valence-electron chi connectivity index (χ4n) is 1.96. The van der Waals surface area contributed by atoms with Crippen LogP contribution in [0.2, 0.25) is 0 Å². The molecule has 0 saturated heterocycles. The summed E-state index contributed by atoms with van der Waals surface area (Å²) in [5, 5.41) is 0. The first-order chi connectivity index (χ1) is 11.0. The van der Waals surface area contributed by atoms with Crippen LogP contribution < -0.4 is 9.47 Å². The minimum Gasteiger partial charge on any atom is -0.492 e. The van der Waals surface area contributed by atoms with Crippen LogP contribution >= 0.6 is 31.9 Å². The van der Waals surface area contributed by atoms with E-state index in [0.29, 0.717) is 17.9 Å². The zero-order chi connectivity index (χ0) is 16.8. The molecule has 0 fully saturated rings. The molecule has 3 nitrogen and oxygen atoms in total. The van der Waals surface area contributed by atoms with Crippen LogP contribution in [0.1, 0.15) is 35.7 Å². The molecule has 23 heavy (non-hydrogen) atoms. The molecule has 0 atom stereocenters. The molecule has 0 amide bonds. The molecule has 0 N–H and O–H groups in total. The first-order valence-electron chi connectivity index (χ1n) is 7.42. The first-order valence-corrected chi connectivity index (χ1v) is 9.00. The third-order valence-electron chi connectivity index (χ3n) is 3.26. The molecular formula is C18H18Br2O3. The van der Waals surface area contributed by atoms with Gasteiger partial charge >= 0.3 is 5.97 Å². The van der Waals surface area contributed by atoms with Crippen LogP contribution in [0.25, 0.3) is 0 Å². The topological polar surface area (TPSA) is 35.5 Å². The Morgan fingerprint density at radius 2 is 1.83 bits per heavy atom. The van der Waals surface area contributed by atoms with Crippen molar-refractivity contribution < 1.29 is 14.3 Å². The highest BCUT2D eigenvalue weighted by molar-refractivity contribution is 9.10. The number of halogens is 2. The molecule has 0 aliphatic carbocycles. The summed E-state index contributed by atoms with van der Waals surface area (Å²) in [5.74, 6) is 0.892. The zero-order valence-corrected chi connectivity index (χ0v) is 16.2. The highest BCUT2D eigenvalue weighted by atomic mass is 79.9. The molecule has 122 valence electrons. The maximum atomic E-state index is 12.3. The van der Waals surface area contributed by atoms with E-state index in [1.54, 1.807) is 24.3 Å². The Bertz CT molecular complexity index is 699. The van der Waals surface area contributed by atoms with Crippen molar-refractivity contribution >= 4 is 37.8 Å². The van der Waals surface area contributed by atoms with E-state index in [-0.39, 0.29) is 0 Å². The Morgan fingerprint density at radius 1 is 1.09 bits per heavy atom. The van der Waals surface area contributed by atoms with Crippen LogP contribution in [0.15, 0.2) is 45.3 Å². The van der Waals surface area contributed by atoms with Crippen molar-refractivity contribution in [3.8, 4) is 11.5 Å². The largest absolute Gasteiger partial charge is 0.492 e. The number of rotatable bonds is 6. The van der Waals surface area contributed by atoms with Gasteiger partial charge in [0.1, 0.15) is 11.5 Å². The lowest BCUT2D eigenvalue weighted by Gasteiger charge is -2.10. The fourth-order valence-corrected chi connectivity index (χ4v) is 2.93. The highest BCUT2D eigenvalue weighted by Gasteiger charge is 2.13. The lowest BCUT2D eigenvalue weighted by Crippen LogP contribution is -2.09. The first kappa shape index (κ1) is 18.0. The van der Waals surface area contributed by atoms with Gasteiger partial charge < -0.3 is 9.47 Å². The van der Waals surface area contributed by atoms with Gasteiger partial charge in [-0.1, -0.05) is 29.3 Å². The molecule has 5 heteroatoms. The van der Waals surface area contributed by atoms with Crippen LogP contribution in [-0.2, 0) is 0 Å². The minimum absolute atomic E-state index is 0.392. The summed E-state index contributed by atoms with van der Waals surface area (Å²) >= 11 is 6.83. The normalized spacial score (nSPS) is 10.4. The minimum atomic E-state index is -0.392. The van der Waals surface area contributed by atoms with E-state index in [0.717, 1.165) is 33.1 Å². The van der Waals surface area contributed by atoms with E-state index >= 15 is 0 Å². The van der Waals surface area contributed by atoms with Crippen LogP contribution in [0, 0.1) is 6.92 Å². The number of benzene rings is 2. The Hall–Kier alpha value is -1.33. The maximum Gasteiger partial charge on any atom is 0.343 e. The second kappa shape index (κ2) is 8.50. The number of aryl methyl sites for hydroxylation is 1. The van der Waals surface area contributed by atoms with Crippen molar-refractivity contribution in [2.75, 3.05) is 6.61 Å². The summed E-state index contributed by atoms with van der Waals surface area (Å²) in [6.45, 7) is 4.67. The van der Waals surface area contributed by atoms with Crippen molar-refractivity contribution in [3.63, 3.8) is 0 Å². The van der Waals surface area contributed by atoms with Gasteiger partial charge in [0.05, 0.1) is 16.6 Å². The molecule has 0 aliphatic heterocycles. The van der Waals surface area contributed by atoms with E-state index in [1.165, 1.54) is 0 Å². The number of esters is 1. The van der Waals surface area contributed by atoms with Gasteiger partial charge in [-0.15, -0.1) is 0 Å².